The molecule has 2 saturated heterocycles. The Morgan fingerprint density at radius 3 is 2.50 bits per heavy atom. The van der Waals surface area contributed by atoms with Crippen molar-refractivity contribution in [2.45, 2.75) is 37.8 Å². The normalized spacial score (nSPS) is 31.2. The number of carboxylic acids is 1. The van der Waals surface area contributed by atoms with Gasteiger partial charge in [0.2, 0.25) is 0 Å². The smallest absolute Gasteiger partial charge is 0.322 e. The summed E-state index contributed by atoms with van der Waals surface area (Å²) in [7, 11) is -7.16. The number of piperidine rings is 1. The minimum atomic E-state index is -3.97. The maximum Gasteiger partial charge on any atom is 0.322 e. The summed E-state index contributed by atoms with van der Waals surface area (Å²) in [6.45, 7) is 0.145. The zero-order valence-corrected chi connectivity index (χ0v) is 12.5. The quantitative estimate of drug-likeness (QED) is 0.680. The number of aliphatic carboxylic acids is 1. The molecule has 2 atom stereocenters. The van der Waals surface area contributed by atoms with E-state index in [1.54, 1.807) is 0 Å². The van der Waals surface area contributed by atoms with E-state index >= 15 is 0 Å². The van der Waals surface area contributed by atoms with E-state index in [9.17, 15) is 21.6 Å². The van der Waals surface area contributed by atoms with Crippen LogP contribution in [0.15, 0.2) is 0 Å². The fraction of sp³-hybridized carbons (Fsp3) is 0.900. The fourth-order valence-corrected chi connectivity index (χ4v) is 6.04. The molecule has 20 heavy (non-hydrogen) atoms. The third-order valence-electron chi connectivity index (χ3n) is 3.60. The van der Waals surface area contributed by atoms with Crippen LogP contribution >= 0.6 is 0 Å². The fourth-order valence-electron chi connectivity index (χ4n) is 2.61. The SMILES string of the molecule is O=C(O)C1CCCCN1S(=O)(=O)NC1CCS(=O)(=O)C1. The molecule has 0 bridgehead atoms. The van der Waals surface area contributed by atoms with E-state index in [0.29, 0.717) is 12.8 Å². The van der Waals surface area contributed by atoms with Gasteiger partial charge in [-0.1, -0.05) is 0 Å². The van der Waals surface area contributed by atoms with E-state index < -0.39 is 38.1 Å². The molecule has 2 heterocycles. The van der Waals surface area contributed by atoms with Gasteiger partial charge in [0.15, 0.2) is 9.84 Å². The van der Waals surface area contributed by atoms with Gasteiger partial charge < -0.3 is 5.11 Å². The number of carboxylic acid groups (broad SMARTS) is 1. The molecule has 2 N–H and O–H groups in total. The van der Waals surface area contributed by atoms with Crippen molar-refractivity contribution in [3.63, 3.8) is 0 Å². The lowest BCUT2D eigenvalue weighted by Crippen LogP contribution is -2.54. The Morgan fingerprint density at radius 1 is 1.25 bits per heavy atom. The molecule has 116 valence electrons. The molecule has 0 aromatic carbocycles. The van der Waals surface area contributed by atoms with E-state index in [0.717, 1.165) is 4.31 Å². The predicted molar refractivity (Wildman–Crippen MR) is 71.1 cm³/mol. The summed E-state index contributed by atoms with van der Waals surface area (Å²) in [5.74, 6) is -1.44. The lowest BCUT2D eigenvalue weighted by molar-refractivity contribution is -0.142. The highest BCUT2D eigenvalue weighted by Crippen LogP contribution is 2.21. The van der Waals surface area contributed by atoms with E-state index in [4.69, 9.17) is 5.11 Å². The standard InChI is InChI=1S/C10H18N2O6S2/c13-10(14)9-3-1-2-5-12(9)20(17,18)11-8-4-6-19(15,16)7-8/h8-9,11H,1-7H2,(H,13,14). The second-order valence-electron chi connectivity index (χ2n) is 5.18. The molecule has 2 aliphatic rings. The van der Waals surface area contributed by atoms with Crippen molar-refractivity contribution in [3.05, 3.63) is 0 Å². The number of hydrogen-bond acceptors (Lipinski definition) is 5. The van der Waals surface area contributed by atoms with Crippen molar-refractivity contribution in [2.75, 3.05) is 18.1 Å². The summed E-state index contributed by atoms with van der Waals surface area (Å²) in [4.78, 5) is 11.1. The molecule has 0 radical (unpaired) electrons. The summed E-state index contributed by atoms with van der Waals surface area (Å²) in [6.07, 6.45) is 1.78. The van der Waals surface area contributed by atoms with Crippen LogP contribution in [0.25, 0.3) is 0 Å². The van der Waals surface area contributed by atoms with Gasteiger partial charge in [0.1, 0.15) is 6.04 Å². The Balaban J connectivity index is 2.11. The van der Waals surface area contributed by atoms with Crippen molar-refractivity contribution < 1.29 is 26.7 Å². The average Bonchev–Trinajstić information content (AvgIpc) is 2.68. The second kappa shape index (κ2) is 5.58. The molecule has 2 aliphatic heterocycles. The van der Waals surface area contributed by atoms with E-state index in [1.165, 1.54) is 0 Å². The van der Waals surface area contributed by atoms with Gasteiger partial charge >= 0.3 is 5.97 Å². The first-order chi connectivity index (χ1) is 9.21. The van der Waals surface area contributed by atoms with Crippen LogP contribution in [0.2, 0.25) is 0 Å². The first-order valence-corrected chi connectivity index (χ1v) is 9.70. The zero-order valence-electron chi connectivity index (χ0n) is 10.9. The van der Waals surface area contributed by atoms with Crippen LogP contribution in [0, 0.1) is 0 Å². The number of nitrogens with one attached hydrogen (secondary N) is 1. The summed E-state index contributed by atoms with van der Waals surface area (Å²) in [5, 5.41) is 9.09. The molecule has 0 aromatic rings. The van der Waals surface area contributed by atoms with Crippen LogP contribution in [-0.4, -0.2) is 62.4 Å². The van der Waals surface area contributed by atoms with Crippen LogP contribution < -0.4 is 4.72 Å². The molecule has 10 heteroatoms. The Bertz CT molecular complexity index is 585. The van der Waals surface area contributed by atoms with E-state index in [1.807, 2.05) is 0 Å². The number of rotatable bonds is 4. The van der Waals surface area contributed by atoms with Gasteiger partial charge in [0.25, 0.3) is 10.2 Å². The first-order valence-electron chi connectivity index (χ1n) is 6.43. The lowest BCUT2D eigenvalue weighted by atomic mass is 10.1. The maximum atomic E-state index is 12.2. The maximum absolute atomic E-state index is 12.2. The van der Waals surface area contributed by atoms with E-state index in [-0.39, 0.29) is 30.9 Å². The van der Waals surface area contributed by atoms with Gasteiger partial charge in [-0.05, 0) is 25.7 Å². The molecule has 2 fully saturated rings. The lowest BCUT2D eigenvalue weighted by Gasteiger charge is -2.32. The molecule has 0 aromatic heterocycles. The van der Waals surface area contributed by atoms with Crippen LogP contribution in [0.3, 0.4) is 0 Å². The van der Waals surface area contributed by atoms with Crippen LogP contribution in [0.5, 0.6) is 0 Å². The highest BCUT2D eigenvalue weighted by Gasteiger charge is 2.39. The minimum Gasteiger partial charge on any atom is -0.480 e. The number of nitrogens with zero attached hydrogens (tertiary/aromatic N) is 1. The molecular formula is C10H18N2O6S2. The zero-order chi connectivity index (χ0) is 15.0. The highest BCUT2D eigenvalue weighted by molar-refractivity contribution is 7.91. The van der Waals surface area contributed by atoms with Crippen LogP contribution in [0.1, 0.15) is 25.7 Å². The van der Waals surface area contributed by atoms with Crippen LogP contribution in [-0.2, 0) is 24.8 Å². The van der Waals surface area contributed by atoms with Crippen molar-refractivity contribution in [2.24, 2.45) is 0 Å². The van der Waals surface area contributed by atoms with Crippen molar-refractivity contribution in [1.29, 1.82) is 0 Å². The number of carbonyl (C=O) groups is 1. The monoisotopic (exact) mass is 326 g/mol. The molecular weight excluding hydrogens is 308 g/mol. The van der Waals surface area contributed by atoms with Crippen LogP contribution in [0.4, 0.5) is 0 Å². The third kappa shape index (κ3) is 3.48. The molecule has 8 nitrogen and oxygen atoms in total. The minimum absolute atomic E-state index is 0.0391. The molecule has 0 saturated carbocycles. The Morgan fingerprint density at radius 2 is 1.95 bits per heavy atom. The summed E-state index contributed by atoms with van der Waals surface area (Å²) < 4.78 is 50.4. The number of sulfone groups is 1. The number of hydrogen-bond donors (Lipinski definition) is 2. The van der Waals surface area contributed by atoms with Crippen molar-refractivity contribution in [1.82, 2.24) is 9.03 Å². The molecule has 2 unspecified atom stereocenters. The predicted octanol–water partition coefficient (Wildman–Crippen LogP) is -1.05. The average molecular weight is 326 g/mol. The largest absolute Gasteiger partial charge is 0.480 e. The van der Waals surface area contributed by atoms with Gasteiger partial charge in [0, 0.05) is 12.6 Å². The van der Waals surface area contributed by atoms with Gasteiger partial charge in [-0.25, -0.2) is 8.42 Å². The van der Waals surface area contributed by atoms with Gasteiger partial charge in [0.05, 0.1) is 11.5 Å². The first kappa shape index (κ1) is 15.7. The van der Waals surface area contributed by atoms with Gasteiger partial charge in [-0.3, -0.25) is 4.79 Å². The molecule has 0 spiro atoms. The van der Waals surface area contributed by atoms with Crippen molar-refractivity contribution >= 4 is 26.0 Å². The summed E-state index contributed by atoms with van der Waals surface area (Å²) in [5.41, 5.74) is 0. The second-order valence-corrected chi connectivity index (χ2v) is 9.07. The van der Waals surface area contributed by atoms with E-state index in [2.05, 4.69) is 4.72 Å². The third-order valence-corrected chi connectivity index (χ3v) is 7.05. The van der Waals surface area contributed by atoms with Gasteiger partial charge in [-0.15, -0.1) is 0 Å². The molecule has 0 amide bonds. The molecule has 2 rings (SSSR count). The van der Waals surface area contributed by atoms with Gasteiger partial charge in [-0.2, -0.15) is 17.4 Å². The molecule has 0 aliphatic carbocycles. The Labute approximate surface area is 118 Å². The topological polar surface area (TPSA) is 121 Å². The summed E-state index contributed by atoms with van der Waals surface area (Å²) in [6, 6.07) is -1.74. The van der Waals surface area contributed by atoms with Crippen molar-refractivity contribution in [3.8, 4) is 0 Å². The highest BCUT2D eigenvalue weighted by atomic mass is 32.2. The Kier molecular flexibility index (Phi) is 4.38. The Hall–Kier alpha value is -0.710. The summed E-state index contributed by atoms with van der Waals surface area (Å²) >= 11 is 0.